The maximum atomic E-state index is 6.21. The topological polar surface area (TPSA) is 27.7 Å². The predicted molar refractivity (Wildman–Crippen MR) is 72.0 cm³/mol. The van der Waals surface area contributed by atoms with Crippen LogP contribution in [0.25, 0.3) is 0 Å². The van der Waals surface area contributed by atoms with Gasteiger partial charge in [0, 0.05) is 17.2 Å². The zero-order valence-electron chi connectivity index (χ0n) is 11.2. The highest BCUT2D eigenvalue weighted by Gasteiger charge is 2.49. The van der Waals surface area contributed by atoms with Crippen LogP contribution in [-0.4, -0.2) is 25.7 Å². The third-order valence-corrected chi connectivity index (χ3v) is 4.44. The molecule has 1 aromatic rings. The lowest BCUT2D eigenvalue weighted by molar-refractivity contribution is -0.0158. The van der Waals surface area contributed by atoms with Crippen LogP contribution in [0.3, 0.4) is 0 Å². The van der Waals surface area contributed by atoms with Gasteiger partial charge in [-0.05, 0) is 12.1 Å². The van der Waals surface area contributed by atoms with E-state index < -0.39 is 0 Å². The first-order valence-corrected chi connectivity index (χ1v) is 6.46. The number of hydrogen-bond donors (Lipinski definition) is 0. The second-order valence-corrected chi connectivity index (χ2v) is 5.65. The fourth-order valence-electron chi connectivity index (χ4n) is 2.11. The third-order valence-electron chi connectivity index (χ3n) is 3.70. The van der Waals surface area contributed by atoms with E-state index in [9.17, 15) is 0 Å². The summed E-state index contributed by atoms with van der Waals surface area (Å²) < 4.78 is 16.7. The zero-order valence-corrected chi connectivity index (χ0v) is 12.0. The van der Waals surface area contributed by atoms with Gasteiger partial charge < -0.3 is 14.2 Å². The van der Waals surface area contributed by atoms with Crippen molar-refractivity contribution in [3.8, 4) is 17.2 Å². The molecule has 0 bridgehead atoms. The highest BCUT2D eigenvalue weighted by molar-refractivity contribution is 6.21. The molecule has 0 amide bonds. The standard InChI is InChI=1S/C14H19ClO3/c1-14(2)11(15)8-12(14)18-13-9(16-3)6-5-7-10(13)17-4/h5-7,11-12H,8H2,1-4H3. The fourth-order valence-corrected chi connectivity index (χ4v) is 2.41. The maximum Gasteiger partial charge on any atom is 0.203 e. The highest BCUT2D eigenvalue weighted by atomic mass is 35.5. The molecule has 2 unspecified atom stereocenters. The van der Waals surface area contributed by atoms with Gasteiger partial charge in [-0.15, -0.1) is 11.6 Å². The zero-order chi connectivity index (χ0) is 13.3. The summed E-state index contributed by atoms with van der Waals surface area (Å²) in [7, 11) is 3.25. The van der Waals surface area contributed by atoms with Crippen molar-refractivity contribution in [1.29, 1.82) is 0 Å². The second-order valence-electron chi connectivity index (χ2n) is 5.12. The maximum absolute atomic E-state index is 6.21. The number of para-hydroxylation sites is 1. The molecule has 0 N–H and O–H groups in total. The Balaban J connectivity index is 2.24. The molecule has 0 spiro atoms. The molecule has 3 nitrogen and oxygen atoms in total. The van der Waals surface area contributed by atoms with Gasteiger partial charge in [0.1, 0.15) is 6.10 Å². The lowest BCUT2D eigenvalue weighted by Gasteiger charge is -2.48. The molecule has 1 saturated carbocycles. The summed E-state index contributed by atoms with van der Waals surface area (Å²) >= 11 is 6.21. The Morgan fingerprint density at radius 2 is 1.72 bits per heavy atom. The van der Waals surface area contributed by atoms with Gasteiger partial charge in [0.2, 0.25) is 5.75 Å². The van der Waals surface area contributed by atoms with Gasteiger partial charge in [0.05, 0.1) is 14.2 Å². The Morgan fingerprint density at radius 1 is 1.17 bits per heavy atom. The average molecular weight is 271 g/mol. The van der Waals surface area contributed by atoms with Crippen molar-refractivity contribution in [3.63, 3.8) is 0 Å². The van der Waals surface area contributed by atoms with E-state index in [0.717, 1.165) is 6.42 Å². The summed E-state index contributed by atoms with van der Waals surface area (Å²) in [6, 6.07) is 5.60. The highest BCUT2D eigenvalue weighted by Crippen LogP contribution is 2.49. The summed E-state index contributed by atoms with van der Waals surface area (Å²) in [5.74, 6) is 2.02. The normalized spacial score (nSPS) is 25.2. The number of benzene rings is 1. The van der Waals surface area contributed by atoms with Gasteiger partial charge in [-0.2, -0.15) is 0 Å². The fraction of sp³-hybridized carbons (Fsp3) is 0.571. The Morgan fingerprint density at radius 3 is 2.11 bits per heavy atom. The molecular weight excluding hydrogens is 252 g/mol. The van der Waals surface area contributed by atoms with Crippen molar-refractivity contribution >= 4 is 11.6 Å². The van der Waals surface area contributed by atoms with Crippen molar-refractivity contribution < 1.29 is 14.2 Å². The van der Waals surface area contributed by atoms with Crippen LogP contribution in [-0.2, 0) is 0 Å². The molecule has 4 heteroatoms. The van der Waals surface area contributed by atoms with Crippen LogP contribution in [0.1, 0.15) is 20.3 Å². The van der Waals surface area contributed by atoms with Gasteiger partial charge in [-0.1, -0.05) is 19.9 Å². The number of rotatable bonds is 4. The minimum atomic E-state index is -0.0343. The number of ether oxygens (including phenoxy) is 3. The van der Waals surface area contributed by atoms with E-state index in [4.69, 9.17) is 25.8 Å². The molecule has 0 aromatic heterocycles. The SMILES string of the molecule is COc1cccc(OC)c1OC1CC(Cl)C1(C)C. The van der Waals surface area contributed by atoms with Crippen molar-refractivity contribution in [3.05, 3.63) is 18.2 Å². The molecule has 1 aromatic carbocycles. The first-order valence-electron chi connectivity index (χ1n) is 6.02. The largest absolute Gasteiger partial charge is 0.493 e. The lowest BCUT2D eigenvalue weighted by Crippen LogP contribution is -2.53. The minimum absolute atomic E-state index is 0.0343. The molecule has 1 fully saturated rings. The van der Waals surface area contributed by atoms with Crippen LogP contribution in [0.2, 0.25) is 0 Å². The van der Waals surface area contributed by atoms with Crippen LogP contribution in [0.5, 0.6) is 17.2 Å². The van der Waals surface area contributed by atoms with E-state index in [1.807, 2.05) is 18.2 Å². The van der Waals surface area contributed by atoms with Gasteiger partial charge >= 0.3 is 0 Å². The quantitative estimate of drug-likeness (QED) is 0.784. The molecule has 0 radical (unpaired) electrons. The van der Waals surface area contributed by atoms with Crippen molar-refractivity contribution in [1.82, 2.24) is 0 Å². The summed E-state index contributed by atoms with van der Waals surface area (Å²) in [5, 5.41) is 0.156. The average Bonchev–Trinajstić information content (AvgIpc) is 2.38. The lowest BCUT2D eigenvalue weighted by atomic mass is 9.68. The predicted octanol–water partition coefficient (Wildman–Crippen LogP) is 3.49. The molecular formula is C14H19ClO3. The molecule has 0 heterocycles. The van der Waals surface area contributed by atoms with E-state index >= 15 is 0 Å². The van der Waals surface area contributed by atoms with E-state index in [1.165, 1.54) is 0 Å². The van der Waals surface area contributed by atoms with Crippen LogP contribution in [0.4, 0.5) is 0 Å². The number of halogens is 1. The van der Waals surface area contributed by atoms with Gasteiger partial charge in [0.25, 0.3) is 0 Å². The first-order chi connectivity index (χ1) is 8.50. The molecule has 0 saturated heterocycles. The molecule has 1 aliphatic carbocycles. The Kier molecular flexibility index (Phi) is 3.62. The van der Waals surface area contributed by atoms with E-state index in [1.54, 1.807) is 14.2 Å². The van der Waals surface area contributed by atoms with Crippen LogP contribution in [0, 0.1) is 5.41 Å². The van der Waals surface area contributed by atoms with Gasteiger partial charge in [0.15, 0.2) is 11.5 Å². The van der Waals surface area contributed by atoms with Crippen molar-refractivity contribution in [2.24, 2.45) is 5.41 Å². The second kappa shape index (κ2) is 4.88. The number of hydrogen-bond acceptors (Lipinski definition) is 3. The first kappa shape index (κ1) is 13.3. The number of alkyl halides is 1. The van der Waals surface area contributed by atoms with Gasteiger partial charge in [-0.3, -0.25) is 0 Å². The smallest absolute Gasteiger partial charge is 0.203 e. The third kappa shape index (κ3) is 2.12. The minimum Gasteiger partial charge on any atom is -0.493 e. The monoisotopic (exact) mass is 270 g/mol. The molecule has 2 rings (SSSR count). The van der Waals surface area contributed by atoms with E-state index in [0.29, 0.717) is 17.2 Å². The molecule has 0 aliphatic heterocycles. The van der Waals surface area contributed by atoms with Crippen LogP contribution < -0.4 is 14.2 Å². The van der Waals surface area contributed by atoms with E-state index in [-0.39, 0.29) is 16.9 Å². The molecule has 18 heavy (non-hydrogen) atoms. The van der Waals surface area contributed by atoms with Crippen molar-refractivity contribution in [2.75, 3.05) is 14.2 Å². The molecule has 2 atom stereocenters. The molecule has 100 valence electrons. The summed E-state index contributed by atoms with van der Waals surface area (Å²) in [4.78, 5) is 0. The van der Waals surface area contributed by atoms with Crippen LogP contribution in [0.15, 0.2) is 18.2 Å². The summed E-state index contributed by atoms with van der Waals surface area (Å²) in [5.41, 5.74) is -0.0343. The Labute approximate surface area is 113 Å². The summed E-state index contributed by atoms with van der Waals surface area (Å²) in [6.45, 7) is 4.22. The Hall–Kier alpha value is -1.09. The van der Waals surface area contributed by atoms with E-state index in [2.05, 4.69) is 13.8 Å². The van der Waals surface area contributed by atoms with Crippen molar-refractivity contribution in [2.45, 2.75) is 31.7 Å². The van der Waals surface area contributed by atoms with Gasteiger partial charge in [-0.25, -0.2) is 0 Å². The summed E-state index contributed by atoms with van der Waals surface area (Å²) in [6.07, 6.45) is 0.931. The number of methoxy groups -OCH3 is 2. The molecule has 1 aliphatic rings. The Bertz CT molecular complexity index is 409. The van der Waals surface area contributed by atoms with Crippen LogP contribution >= 0.6 is 11.6 Å².